The Bertz CT molecular complexity index is 5980. The molecule has 6 nitrogen and oxygen atoms in total. The molecule has 0 atom stereocenters. The van der Waals surface area contributed by atoms with Gasteiger partial charge >= 0.3 is 0 Å². The Hall–Kier alpha value is -11.6. The molecular weight excluding hydrogens is 1070 g/mol. The van der Waals surface area contributed by atoms with E-state index in [0.29, 0.717) is 18.3 Å². The highest BCUT2D eigenvalue weighted by Gasteiger charge is 2.28. The predicted molar refractivity (Wildman–Crippen MR) is 367 cm³/mol. The normalized spacial score (nSPS) is 13.8. The Labute approximate surface area is 504 Å². The number of fused-ring (bicyclic) bond motifs is 8. The van der Waals surface area contributed by atoms with E-state index >= 15 is 0 Å². The molecule has 0 saturated carbocycles. The van der Waals surface area contributed by atoms with Crippen molar-refractivity contribution in [3.05, 3.63) is 288 Å². The van der Waals surface area contributed by atoms with E-state index in [1.165, 1.54) is 97.7 Å². The van der Waals surface area contributed by atoms with E-state index in [0.717, 1.165) is 95.4 Å². The second-order valence-electron chi connectivity index (χ2n) is 24.1. The molecule has 406 valence electrons. The number of rotatable bonds is 6. The van der Waals surface area contributed by atoms with Gasteiger partial charge in [0.25, 0.3) is 0 Å². The van der Waals surface area contributed by atoms with Crippen LogP contribution in [0.2, 0.25) is 0 Å². The van der Waals surface area contributed by atoms with Crippen LogP contribution in [-0.4, -0.2) is 29.1 Å². The van der Waals surface area contributed by atoms with Crippen molar-refractivity contribution in [1.82, 2.24) is 29.1 Å². The third-order valence-corrected chi connectivity index (χ3v) is 19.2. The maximum absolute atomic E-state index is 5.84. The maximum atomic E-state index is 5.84. The van der Waals surface area contributed by atoms with Crippen molar-refractivity contribution in [3.8, 4) is 45.7 Å². The number of hydrogen-bond acceptors (Lipinski definition) is 4. The summed E-state index contributed by atoms with van der Waals surface area (Å²) < 4.78 is 4.66. The van der Waals surface area contributed by atoms with Gasteiger partial charge in [-0.25, -0.2) is 19.9 Å². The van der Waals surface area contributed by atoms with Crippen molar-refractivity contribution < 1.29 is 0 Å². The number of para-hydroxylation sites is 1. The summed E-state index contributed by atoms with van der Waals surface area (Å²) in [5, 5.41) is 20.7. The van der Waals surface area contributed by atoms with E-state index in [4.69, 9.17) is 19.9 Å². The van der Waals surface area contributed by atoms with Crippen molar-refractivity contribution in [3.63, 3.8) is 0 Å². The van der Waals surface area contributed by atoms with E-state index in [9.17, 15) is 0 Å². The average Bonchev–Trinajstić information content (AvgIpc) is 2.28. The molecule has 20 rings (SSSR count). The first kappa shape index (κ1) is 47.7. The van der Waals surface area contributed by atoms with Gasteiger partial charge in [0, 0.05) is 56.1 Å². The fraction of sp³-hybridized carbons (Fsp3) is 0.0244. The van der Waals surface area contributed by atoms with Crippen LogP contribution in [0.4, 0.5) is 0 Å². The van der Waals surface area contributed by atoms with E-state index in [1.54, 1.807) is 0 Å². The van der Waals surface area contributed by atoms with Crippen LogP contribution in [-0.2, 0) is 12.8 Å². The molecular formula is C82H48N6. The molecule has 88 heavy (non-hydrogen) atoms. The first-order chi connectivity index (χ1) is 43.6. The fourth-order valence-corrected chi connectivity index (χ4v) is 15.3. The molecule has 0 unspecified atom stereocenters. The van der Waals surface area contributed by atoms with Gasteiger partial charge in [0.2, 0.25) is 11.9 Å². The lowest BCUT2D eigenvalue weighted by Gasteiger charge is -2.16. The van der Waals surface area contributed by atoms with E-state index in [1.807, 2.05) is 0 Å². The summed E-state index contributed by atoms with van der Waals surface area (Å²) in [7, 11) is 0. The number of nitrogens with zero attached hydrogens (tertiary/aromatic N) is 6. The van der Waals surface area contributed by atoms with Crippen molar-refractivity contribution in [2.24, 2.45) is 0 Å². The Balaban J connectivity index is 0.856. The molecule has 0 N–H and O–H groups in total. The Kier molecular flexibility index (Phi) is 9.75. The van der Waals surface area contributed by atoms with Crippen LogP contribution in [0.3, 0.4) is 0 Å². The minimum atomic E-state index is 0.592. The molecule has 3 aliphatic carbocycles. The van der Waals surface area contributed by atoms with Gasteiger partial charge in [0.05, 0.1) is 39.3 Å². The summed E-state index contributed by atoms with van der Waals surface area (Å²) >= 11 is 0. The zero-order valence-corrected chi connectivity index (χ0v) is 47.5. The van der Waals surface area contributed by atoms with Crippen LogP contribution >= 0.6 is 0 Å². The number of allylic oxidation sites excluding steroid dienone is 7. The SMILES string of the molecule is C1=CCc2c(c3ccc4c(c5ccccc5n4-c4nc(-c5ccccc5)cc(-c5cc6ccc7cccc8ccc(c5)c6c78)n4)c3n2-c2nc(C3=Cc4ccc5cccc6c5c4CC(=C3)C=C6)cc(-c3cc4ccc5cccc6ccc(c3)c4c56)n2)C=C1. The molecule has 4 heterocycles. The third-order valence-electron chi connectivity index (χ3n) is 19.2. The monoisotopic (exact) mass is 1120 g/mol. The van der Waals surface area contributed by atoms with Crippen molar-refractivity contribution in [2.75, 3.05) is 0 Å². The van der Waals surface area contributed by atoms with Gasteiger partial charge in [0.1, 0.15) is 0 Å². The quantitative estimate of drug-likeness (QED) is 0.156. The smallest absolute Gasteiger partial charge is 0.235 e. The molecule has 0 spiro atoms. The second kappa shape index (κ2) is 18.0. The molecule has 17 aromatic rings. The van der Waals surface area contributed by atoms with Gasteiger partial charge in [-0.2, -0.15) is 0 Å². The molecule has 3 aliphatic rings. The largest absolute Gasteiger partial charge is 0.281 e. The summed E-state index contributed by atoms with van der Waals surface area (Å²) in [6.07, 6.45) is 19.7. The van der Waals surface area contributed by atoms with Crippen LogP contribution in [0.1, 0.15) is 33.6 Å². The zero-order valence-electron chi connectivity index (χ0n) is 47.5. The van der Waals surface area contributed by atoms with Gasteiger partial charge < -0.3 is 0 Å². The van der Waals surface area contributed by atoms with Crippen LogP contribution in [0.15, 0.2) is 254 Å². The highest BCUT2D eigenvalue weighted by atomic mass is 15.2. The number of benzene rings is 13. The molecule has 6 heteroatoms. The minimum Gasteiger partial charge on any atom is -0.281 e. The van der Waals surface area contributed by atoms with Gasteiger partial charge in [-0.15, -0.1) is 0 Å². The first-order valence-corrected chi connectivity index (χ1v) is 30.4. The summed E-state index contributed by atoms with van der Waals surface area (Å²) in [6, 6.07) is 80.0. The van der Waals surface area contributed by atoms with Crippen molar-refractivity contribution >= 4 is 132 Å². The summed E-state index contributed by atoms with van der Waals surface area (Å²) in [4.78, 5) is 22.9. The standard InChI is InChI=1S/C82H48N6/c1-3-12-48(13-4-1)67-45-69(61-41-56-32-27-51-16-10-17-52-28-33-57(42-61)77(56)75(51)52)84-81(83-67)87-72-23-8-7-21-65(72)79-73(87)37-36-64-63-20-5-2-6-22-71(63)88(80(64)79)82-85-68(60-38-47-24-25-49-14-9-15-50-26-31-55(40-60)66(39-47)74(49)50)46-70(86-82)62-43-58-34-29-53-18-11-19-54-30-35-59(44-62)78(58)76(53)54/h1-21,23-38,40-46H,22,39H2. The molecule has 0 saturated heterocycles. The lowest BCUT2D eigenvalue weighted by atomic mass is 9.92. The Morgan fingerprint density at radius 3 is 1.58 bits per heavy atom. The average molecular weight is 1120 g/mol. The molecule has 13 aromatic carbocycles. The van der Waals surface area contributed by atoms with Gasteiger partial charge in [0.15, 0.2) is 0 Å². The van der Waals surface area contributed by atoms with Crippen molar-refractivity contribution in [2.45, 2.75) is 12.8 Å². The van der Waals surface area contributed by atoms with Crippen LogP contribution in [0.25, 0.3) is 178 Å². The zero-order chi connectivity index (χ0) is 57.3. The molecule has 0 aliphatic heterocycles. The van der Waals surface area contributed by atoms with Gasteiger partial charge in [-0.1, -0.05) is 206 Å². The third kappa shape index (κ3) is 6.94. The lowest BCUT2D eigenvalue weighted by Crippen LogP contribution is -2.08. The fourth-order valence-electron chi connectivity index (χ4n) is 15.3. The number of hydrogen-bond donors (Lipinski definition) is 0. The Morgan fingerprint density at radius 2 is 0.898 bits per heavy atom. The van der Waals surface area contributed by atoms with Crippen molar-refractivity contribution in [1.29, 1.82) is 0 Å². The maximum Gasteiger partial charge on any atom is 0.235 e. The topological polar surface area (TPSA) is 61.4 Å². The molecule has 0 radical (unpaired) electrons. The lowest BCUT2D eigenvalue weighted by molar-refractivity contribution is 0.906. The highest BCUT2D eigenvalue weighted by Crippen LogP contribution is 2.46. The molecule has 4 aromatic heterocycles. The minimum absolute atomic E-state index is 0.592. The van der Waals surface area contributed by atoms with E-state index in [2.05, 4.69) is 276 Å². The predicted octanol–water partition coefficient (Wildman–Crippen LogP) is 20.4. The summed E-state index contributed by atoms with van der Waals surface area (Å²) in [6.45, 7) is 0. The van der Waals surface area contributed by atoms with Gasteiger partial charge in [-0.05, 0) is 165 Å². The summed E-state index contributed by atoms with van der Waals surface area (Å²) in [5.41, 5.74) is 17.9. The van der Waals surface area contributed by atoms with E-state index < -0.39 is 0 Å². The molecule has 0 fully saturated rings. The molecule has 0 amide bonds. The van der Waals surface area contributed by atoms with Gasteiger partial charge in [-0.3, -0.25) is 9.13 Å². The molecule has 2 bridgehead atoms. The highest BCUT2D eigenvalue weighted by molar-refractivity contribution is 6.26. The first-order valence-electron chi connectivity index (χ1n) is 30.4. The summed E-state index contributed by atoms with van der Waals surface area (Å²) in [5.74, 6) is 1.20. The van der Waals surface area contributed by atoms with Crippen LogP contribution in [0.5, 0.6) is 0 Å². The number of aromatic nitrogens is 6. The second-order valence-corrected chi connectivity index (χ2v) is 24.1. The van der Waals surface area contributed by atoms with Crippen LogP contribution in [0, 0.1) is 0 Å². The Morgan fingerprint density at radius 1 is 0.341 bits per heavy atom. The van der Waals surface area contributed by atoms with E-state index in [-0.39, 0.29) is 0 Å². The van der Waals surface area contributed by atoms with Crippen LogP contribution < -0.4 is 0 Å².